The van der Waals surface area contributed by atoms with Gasteiger partial charge in [-0.25, -0.2) is 8.42 Å². The first-order valence-corrected chi connectivity index (χ1v) is 10.1. The summed E-state index contributed by atoms with van der Waals surface area (Å²) in [4.78, 5) is 0.151. The molecule has 0 saturated carbocycles. The van der Waals surface area contributed by atoms with E-state index in [9.17, 15) is 8.42 Å². The van der Waals surface area contributed by atoms with Gasteiger partial charge in [-0.3, -0.25) is 4.72 Å². The highest BCUT2D eigenvalue weighted by molar-refractivity contribution is 7.92. The fraction of sp³-hybridized carbons (Fsp3) is 0.0526. The van der Waals surface area contributed by atoms with Crippen molar-refractivity contribution in [2.45, 2.75) is 4.90 Å². The number of sulfonamides is 1. The van der Waals surface area contributed by atoms with E-state index < -0.39 is 10.0 Å². The summed E-state index contributed by atoms with van der Waals surface area (Å²) in [7, 11) is -3.79. The summed E-state index contributed by atoms with van der Waals surface area (Å²) in [5, 5.41) is 0.874. The van der Waals surface area contributed by atoms with Crippen molar-refractivity contribution in [1.29, 1.82) is 0 Å². The van der Waals surface area contributed by atoms with Crippen molar-refractivity contribution in [3.05, 3.63) is 70.7 Å². The molecule has 0 bridgehead atoms. The van der Waals surface area contributed by atoms with Gasteiger partial charge in [-0.2, -0.15) is 0 Å². The SMILES string of the molecule is O=S(=O)(Nc1cc2c(cc1-c1cc(Cl)cc(Cl)c1)OCO2)c1ccccc1. The minimum atomic E-state index is -3.79. The van der Waals surface area contributed by atoms with E-state index in [0.29, 0.717) is 38.4 Å². The largest absolute Gasteiger partial charge is 0.454 e. The summed E-state index contributed by atoms with van der Waals surface area (Å²) in [5.74, 6) is 0.974. The lowest BCUT2D eigenvalue weighted by molar-refractivity contribution is 0.174. The Morgan fingerprint density at radius 2 is 1.48 bits per heavy atom. The van der Waals surface area contributed by atoms with E-state index in [1.54, 1.807) is 48.5 Å². The van der Waals surface area contributed by atoms with Crippen molar-refractivity contribution in [3.63, 3.8) is 0 Å². The van der Waals surface area contributed by atoms with Crippen LogP contribution >= 0.6 is 23.2 Å². The van der Waals surface area contributed by atoms with Crippen molar-refractivity contribution < 1.29 is 17.9 Å². The number of nitrogens with one attached hydrogen (secondary N) is 1. The first-order chi connectivity index (χ1) is 12.9. The van der Waals surface area contributed by atoms with E-state index in [0.717, 1.165) is 0 Å². The molecule has 0 atom stereocenters. The van der Waals surface area contributed by atoms with Crippen LogP contribution in [0, 0.1) is 0 Å². The smallest absolute Gasteiger partial charge is 0.261 e. The van der Waals surface area contributed by atoms with Crippen LogP contribution in [0.3, 0.4) is 0 Å². The highest BCUT2D eigenvalue weighted by atomic mass is 35.5. The molecule has 0 unspecified atom stereocenters. The van der Waals surface area contributed by atoms with Crippen LogP contribution in [-0.2, 0) is 10.0 Å². The third-order valence-electron chi connectivity index (χ3n) is 3.98. The lowest BCUT2D eigenvalue weighted by Gasteiger charge is -2.14. The number of hydrogen-bond donors (Lipinski definition) is 1. The molecular weight excluding hydrogens is 409 g/mol. The second kappa shape index (κ2) is 6.96. The predicted octanol–water partition coefficient (Wildman–Crippen LogP) is 5.19. The van der Waals surface area contributed by atoms with Crippen LogP contribution < -0.4 is 14.2 Å². The van der Waals surface area contributed by atoms with Crippen LogP contribution in [0.25, 0.3) is 11.1 Å². The normalized spacial score (nSPS) is 12.8. The lowest BCUT2D eigenvalue weighted by Crippen LogP contribution is -2.13. The van der Waals surface area contributed by atoms with Gasteiger partial charge in [0, 0.05) is 21.7 Å². The van der Waals surface area contributed by atoms with Crippen LogP contribution in [0.15, 0.2) is 65.6 Å². The van der Waals surface area contributed by atoms with Gasteiger partial charge < -0.3 is 9.47 Å². The number of benzene rings is 3. The lowest BCUT2D eigenvalue weighted by atomic mass is 10.0. The number of fused-ring (bicyclic) bond motifs is 1. The first kappa shape index (κ1) is 18.0. The average molecular weight is 422 g/mol. The molecule has 4 rings (SSSR count). The van der Waals surface area contributed by atoms with E-state index in [-0.39, 0.29) is 11.7 Å². The Kier molecular flexibility index (Phi) is 4.63. The summed E-state index contributed by atoms with van der Waals surface area (Å²) in [6.07, 6.45) is 0. The number of rotatable bonds is 4. The fourth-order valence-corrected chi connectivity index (χ4v) is 4.40. The highest BCUT2D eigenvalue weighted by Crippen LogP contribution is 2.43. The average Bonchev–Trinajstić information content (AvgIpc) is 3.08. The topological polar surface area (TPSA) is 64.6 Å². The fourth-order valence-electron chi connectivity index (χ4n) is 2.78. The van der Waals surface area contributed by atoms with E-state index in [2.05, 4.69) is 4.72 Å². The monoisotopic (exact) mass is 421 g/mol. The van der Waals surface area contributed by atoms with Gasteiger partial charge in [-0.1, -0.05) is 41.4 Å². The summed E-state index contributed by atoms with van der Waals surface area (Å²) < 4.78 is 39.0. The molecule has 3 aromatic rings. The van der Waals surface area contributed by atoms with Crippen molar-refractivity contribution in [1.82, 2.24) is 0 Å². The van der Waals surface area contributed by atoms with Crippen molar-refractivity contribution in [2.75, 3.05) is 11.5 Å². The van der Waals surface area contributed by atoms with Crippen molar-refractivity contribution in [3.8, 4) is 22.6 Å². The molecule has 3 aromatic carbocycles. The molecule has 5 nitrogen and oxygen atoms in total. The van der Waals surface area contributed by atoms with E-state index in [4.69, 9.17) is 32.7 Å². The zero-order chi connectivity index (χ0) is 19.0. The molecule has 0 aliphatic carbocycles. The Bertz CT molecular complexity index is 1100. The van der Waals surface area contributed by atoms with Crippen LogP contribution in [0.1, 0.15) is 0 Å². The zero-order valence-corrected chi connectivity index (χ0v) is 16.1. The van der Waals surface area contributed by atoms with Gasteiger partial charge >= 0.3 is 0 Å². The maximum atomic E-state index is 12.8. The Morgan fingerprint density at radius 3 is 2.15 bits per heavy atom. The van der Waals surface area contributed by atoms with Gasteiger partial charge in [0.15, 0.2) is 11.5 Å². The Morgan fingerprint density at radius 1 is 0.852 bits per heavy atom. The molecule has 1 aliphatic heterocycles. The van der Waals surface area contributed by atoms with Crippen LogP contribution in [0.2, 0.25) is 10.0 Å². The van der Waals surface area contributed by atoms with Gasteiger partial charge in [0.2, 0.25) is 6.79 Å². The molecule has 0 spiro atoms. The second-order valence-electron chi connectivity index (χ2n) is 5.83. The summed E-state index contributed by atoms with van der Waals surface area (Å²) in [6.45, 7) is 0.0694. The van der Waals surface area contributed by atoms with E-state index >= 15 is 0 Å². The summed E-state index contributed by atoms with van der Waals surface area (Å²) in [6, 6.07) is 16.4. The third-order valence-corrected chi connectivity index (χ3v) is 5.80. The first-order valence-electron chi connectivity index (χ1n) is 7.90. The zero-order valence-electron chi connectivity index (χ0n) is 13.8. The molecule has 1 aliphatic rings. The molecule has 1 heterocycles. The molecule has 0 fully saturated rings. The van der Waals surface area contributed by atoms with Crippen LogP contribution in [0.5, 0.6) is 11.5 Å². The summed E-state index contributed by atoms with van der Waals surface area (Å²) >= 11 is 12.2. The van der Waals surface area contributed by atoms with Crippen LogP contribution in [-0.4, -0.2) is 15.2 Å². The minimum absolute atomic E-state index is 0.0694. The Balaban J connectivity index is 1.85. The molecular formula is C19H13Cl2NO4S. The second-order valence-corrected chi connectivity index (χ2v) is 8.38. The molecule has 138 valence electrons. The molecule has 1 N–H and O–H groups in total. The maximum absolute atomic E-state index is 12.8. The van der Waals surface area contributed by atoms with Gasteiger partial charge in [0.1, 0.15) is 0 Å². The molecule has 0 amide bonds. The summed E-state index contributed by atoms with van der Waals surface area (Å²) in [5.41, 5.74) is 1.56. The number of halogens is 2. The van der Waals surface area contributed by atoms with Gasteiger partial charge in [-0.05, 0) is 42.0 Å². The van der Waals surface area contributed by atoms with E-state index in [1.165, 1.54) is 12.1 Å². The Labute approximate surface area is 166 Å². The highest BCUT2D eigenvalue weighted by Gasteiger charge is 2.22. The predicted molar refractivity (Wildman–Crippen MR) is 105 cm³/mol. The standard InChI is InChI=1S/C19H13Cl2NO4S/c20-13-6-12(7-14(21)8-13)16-9-18-19(26-11-25-18)10-17(16)22-27(23,24)15-4-2-1-3-5-15/h1-10,22H,11H2. The van der Waals surface area contributed by atoms with E-state index in [1.807, 2.05) is 0 Å². The molecule has 8 heteroatoms. The number of anilines is 1. The van der Waals surface area contributed by atoms with Crippen LogP contribution in [0.4, 0.5) is 5.69 Å². The number of hydrogen-bond acceptors (Lipinski definition) is 4. The molecule has 0 saturated heterocycles. The quantitative estimate of drug-likeness (QED) is 0.629. The maximum Gasteiger partial charge on any atom is 0.261 e. The van der Waals surface area contributed by atoms with Crippen molar-refractivity contribution >= 4 is 38.9 Å². The number of ether oxygens (including phenoxy) is 2. The Hall–Kier alpha value is -2.41. The van der Waals surface area contributed by atoms with Crippen molar-refractivity contribution in [2.24, 2.45) is 0 Å². The van der Waals surface area contributed by atoms with Gasteiger partial charge in [0.05, 0.1) is 10.6 Å². The minimum Gasteiger partial charge on any atom is -0.454 e. The van der Waals surface area contributed by atoms with Gasteiger partial charge in [-0.15, -0.1) is 0 Å². The van der Waals surface area contributed by atoms with Gasteiger partial charge in [0.25, 0.3) is 10.0 Å². The molecule has 0 radical (unpaired) electrons. The molecule has 0 aromatic heterocycles. The third kappa shape index (κ3) is 3.69. The molecule has 27 heavy (non-hydrogen) atoms.